The number of nitro benzene ring substituents is 2. The second-order valence-corrected chi connectivity index (χ2v) is 11.5. The van der Waals surface area contributed by atoms with Crippen molar-refractivity contribution in [3.8, 4) is 0 Å². The predicted molar refractivity (Wildman–Crippen MR) is 198 cm³/mol. The average Bonchev–Trinajstić information content (AvgIpc) is 3.17. The average molecular weight is 782 g/mol. The number of benzene rings is 1. The maximum absolute atomic E-state index is 11.2. The molecule has 1 rings (SSSR count). The van der Waals surface area contributed by atoms with Crippen LogP contribution in [0.3, 0.4) is 0 Å². The summed E-state index contributed by atoms with van der Waals surface area (Å²) in [5.74, 6) is 0.585. The highest BCUT2D eigenvalue weighted by Crippen LogP contribution is 2.28. The standard InChI is InChI=1S/C35H63N3O16/c1-3-32(2)31-54-29-28-53-27-26-52-25-24-51-23-22-50-21-20-49-19-18-48-17-16-47-15-14-46-13-12-45-11-10-44-9-8-43-7-6-36-34-5-4-33(37(39)40)30-35(34)38(41)42/h4-5,30,32,36H,3,6-29,31H2,1-2H3. The zero-order chi connectivity index (χ0) is 39.2. The number of nitrogens with one attached hydrogen (secondary N) is 1. The molecule has 0 bridgehead atoms. The molecule has 54 heavy (non-hydrogen) atoms. The zero-order valence-corrected chi connectivity index (χ0v) is 32.1. The van der Waals surface area contributed by atoms with E-state index in [-0.39, 0.29) is 30.2 Å². The first kappa shape index (κ1) is 49.4. The monoisotopic (exact) mass is 781 g/mol. The van der Waals surface area contributed by atoms with Crippen molar-refractivity contribution >= 4 is 17.1 Å². The molecule has 1 atom stereocenters. The van der Waals surface area contributed by atoms with E-state index in [1.54, 1.807) is 0 Å². The molecule has 1 aromatic rings. The fourth-order valence-corrected chi connectivity index (χ4v) is 4.01. The molecule has 0 amide bonds. The Morgan fingerprint density at radius 1 is 0.500 bits per heavy atom. The second-order valence-electron chi connectivity index (χ2n) is 11.5. The van der Waals surface area contributed by atoms with Gasteiger partial charge in [0.25, 0.3) is 11.4 Å². The highest BCUT2D eigenvalue weighted by atomic mass is 16.6. The van der Waals surface area contributed by atoms with Crippen LogP contribution in [-0.4, -0.2) is 175 Å². The van der Waals surface area contributed by atoms with Gasteiger partial charge in [0.05, 0.1) is 168 Å². The van der Waals surface area contributed by atoms with Crippen molar-refractivity contribution in [1.82, 2.24) is 0 Å². The summed E-state index contributed by atoms with van der Waals surface area (Å²) in [5, 5.41) is 24.8. The number of hydrogen-bond acceptors (Lipinski definition) is 17. The molecule has 1 unspecified atom stereocenters. The van der Waals surface area contributed by atoms with Crippen LogP contribution in [-0.2, 0) is 56.8 Å². The summed E-state index contributed by atoms with van der Waals surface area (Å²) in [6.45, 7) is 16.2. The van der Waals surface area contributed by atoms with Crippen LogP contribution in [0.25, 0.3) is 0 Å². The zero-order valence-electron chi connectivity index (χ0n) is 32.1. The molecule has 19 heteroatoms. The number of nitrogens with zero attached hydrogens (tertiary/aromatic N) is 2. The van der Waals surface area contributed by atoms with Crippen LogP contribution in [0.5, 0.6) is 0 Å². The van der Waals surface area contributed by atoms with Crippen LogP contribution < -0.4 is 5.32 Å². The Kier molecular flexibility index (Phi) is 34.1. The SMILES string of the molecule is CCC(C)COCCOCCOCCOCCOCCOCCOCCOCCOCCOCCOCCOCCNc1ccc([N+](=O)[O-])cc1[N+](=O)[O-]. The summed E-state index contributed by atoms with van der Waals surface area (Å²) >= 11 is 0. The van der Waals surface area contributed by atoms with Crippen molar-refractivity contribution in [2.24, 2.45) is 5.92 Å². The van der Waals surface area contributed by atoms with Crippen LogP contribution in [0.1, 0.15) is 20.3 Å². The highest BCUT2D eigenvalue weighted by molar-refractivity contribution is 5.65. The van der Waals surface area contributed by atoms with Crippen molar-refractivity contribution in [1.29, 1.82) is 0 Å². The minimum Gasteiger partial charge on any atom is -0.379 e. The van der Waals surface area contributed by atoms with Crippen molar-refractivity contribution in [3.63, 3.8) is 0 Å². The number of ether oxygens (including phenoxy) is 12. The first-order valence-electron chi connectivity index (χ1n) is 18.5. The highest BCUT2D eigenvalue weighted by Gasteiger charge is 2.19. The summed E-state index contributed by atoms with van der Waals surface area (Å²) < 4.78 is 65.6. The molecule has 0 aliphatic rings. The first-order chi connectivity index (χ1) is 26.5. The number of non-ortho nitro benzene ring substituents is 1. The quantitative estimate of drug-likeness (QED) is 0.0574. The van der Waals surface area contributed by atoms with Gasteiger partial charge in [-0.1, -0.05) is 20.3 Å². The molecular weight excluding hydrogens is 718 g/mol. The number of rotatable bonds is 42. The third kappa shape index (κ3) is 30.6. The summed E-state index contributed by atoms with van der Waals surface area (Å²) in [7, 11) is 0. The Bertz CT molecular complexity index is 1030. The molecule has 1 N–H and O–H groups in total. The maximum Gasteiger partial charge on any atom is 0.299 e. The van der Waals surface area contributed by atoms with Crippen LogP contribution in [0.15, 0.2) is 18.2 Å². The van der Waals surface area contributed by atoms with Gasteiger partial charge in [-0.2, -0.15) is 0 Å². The van der Waals surface area contributed by atoms with Gasteiger partial charge in [0, 0.05) is 19.2 Å². The molecule has 0 heterocycles. The van der Waals surface area contributed by atoms with Crippen molar-refractivity contribution < 1.29 is 66.7 Å². The van der Waals surface area contributed by atoms with Crippen molar-refractivity contribution in [2.45, 2.75) is 20.3 Å². The summed E-state index contributed by atoms with van der Waals surface area (Å²) in [6, 6.07) is 3.43. The lowest BCUT2D eigenvalue weighted by molar-refractivity contribution is -0.393. The largest absolute Gasteiger partial charge is 0.379 e. The molecule has 0 aliphatic heterocycles. The Morgan fingerprint density at radius 3 is 1.11 bits per heavy atom. The fourth-order valence-electron chi connectivity index (χ4n) is 4.01. The van der Waals surface area contributed by atoms with Crippen molar-refractivity contribution in [3.05, 3.63) is 38.4 Å². The molecule has 19 nitrogen and oxygen atoms in total. The van der Waals surface area contributed by atoms with E-state index < -0.39 is 9.85 Å². The van der Waals surface area contributed by atoms with E-state index in [9.17, 15) is 20.2 Å². The molecule has 0 fully saturated rings. The lowest BCUT2D eigenvalue weighted by Gasteiger charge is -2.10. The third-order valence-corrected chi connectivity index (χ3v) is 7.14. The minimum absolute atomic E-state index is 0.185. The molecule has 0 spiro atoms. The van der Waals surface area contributed by atoms with E-state index in [0.717, 1.165) is 19.1 Å². The Balaban J connectivity index is 1.70. The van der Waals surface area contributed by atoms with Gasteiger partial charge < -0.3 is 62.2 Å². The molecule has 0 saturated heterocycles. The topological polar surface area (TPSA) is 209 Å². The number of nitro groups is 2. The van der Waals surface area contributed by atoms with E-state index >= 15 is 0 Å². The van der Waals surface area contributed by atoms with Crippen LogP contribution >= 0.6 is 0 Å². The lowest BCUT2D eigenvalue weighted by Crippen LogP contribution is -2.16. The summed E-state index contributed by atoms with van der Waals surface area (Å²) in [6.07, 6.45) is 1.12. The van der Waals surface area contributed by atoms with Crippen LogP contribution in [0.2, 0.25) is 0 Å². The maximum atomic E-state index is 11.2. The van der Waals surface area contributed by atoms with Gasteiger partial charge in [0.1, 0.15) is 5.69 Å². The van der Waals surface area contributed by atoms with Crippen LogP contribution in [0.4, 0.5) is 17.1 Å². The van der Waals surface area contributed by atoms with Gasteiger partial charge >= 0.3 is 0 Å². The predicted octanol–water partition coefficient (Wildman–Crippen LogP) is 3.16. The first-order valence-corrected chi connectivity index (χ1v) is 18.5. The van der Waals surface area contributed by atoms with E-state index in [1.165, 1.54) is 12.1 Å². The minimum atomic E-state index is -0.681. The Hall–Kier alpha value is -2.66. The van der Waals surface area contributed by atoms with Gasteiger partial charge in [-0.05, 0) is 12.0 Å². The van der Waals surface area contributed by atoms with E-state index in [1.807, 2.05) is 0 Å². The molecule has 0 radical (unpaired) electrons. The van der Waals surface area contributed by atoms with Gasteiger partial charge in [0.15, 0.2) is 0 Å². The van der Waals surface area contributed by atoms with Gasteiger partial charge in [-0.25, -0.2) is 0 Å². The Labute approximate surface area is 318 Å². The molecule has 0 aliphatic carbocycles. The number of hydrogen-bond donors (Lipinski definition) is 1. The Morgan fingerprint density at radius 2 is 0.815 bits per heavy atom. The lowest BCUT2D eigenvalue weighted by atomic mass is 10.1. The summed E-state index contributed by atoms with van der Waals surface area (Å²) in [5.41, 5.74) is -0.527. The molecule has 1 aromatic carbocycles. The smallest absolute Gasteiger partial charge is 0.299 e. The van der Waals surface area contributed by atoms with Gasteiger partial charge in [-0.15, -0.1) is 0 Å². The second kappa shape index (κ2) is 37.3. The molecular formula is C35H63N3O16. The molecule has 0 aromatic heterocycles. The normalized spacial score (nSPS) is 12.0. The molecule has 314 valence electrons. The van der Waals surface area contributed by atoms with Crippen LogP contribution in [0, 0.1) is 26.1 Å². The van der Waals surface area contributed by atoms with E-state index in [4.69, 9.17) is 56.8 Å². The van der Waals surface area contributed by atoms with Crippen molar-refractivity contribution in [2.75, 3.05) is 170 Å². The van der Waals surface area contributed by atoms with E-state index in [2.05, 4.69) is 19.2 Å². The summed E-state index contributed by atoms with van der Waals surface area (Å²) in [4.78, 5) is 20.6. The van der Waals surface area contributed by atoms with Gasteiger partial charge in [-0.3, -0.25) is 20.2 Å². The number of anilines is 1. The van der Waals surface area contributed by atoms with E-state index in [0.29, 0.717) is 151 Å². The fraction of sp³-hybridized carbons (Fsp3) is 0.829. The molecule has 0 saturated carbocycles. The van der Waals surface area contributed by atoms with Gasteiger partial charge in [0.2, 0.25) is 0 Å². The third-order valence-electron chi connectivity index (χ3n) is 7.14.